The normalized spacial score (nSPS) is 10.6. The number of esters is 1. The zero-order valence-electron chi connectivity index (χ0n) is 8.76. The van der Waals surface area contributed by atoms with E-state index in [1.807, 2.05) is 0 Å². The zero-order chi connectivity index (χ0) is 12.3. The van der Waals surface area contributed by atoms with Crippen LogP contribution in [0.15, 0.2) is 10.8 Å². The van der Waals surface area contributed by atoms with Crippen molar-refractivity contribution in [2.45, 2.75) is 19.8 Å². The number of nitrogens with zero attached hydrogens (tertiary/aromatic N) is 1. The van der Waals surface area contributed by atoms with E-state index in [0.717, 1.165) is 0 Å². The maximum Gasteiger partial charge on any atom is 0.310 e. The summed E-state index contributed by atoms with van der Waals surface area (Å²) in [4.78, 5) is 14.9. The molecule has 0 saturated heterocycles. The molecule has 0 atom stereocenters. The van der Waals surface area contributed by atoms with Crippen molar-refractivity contribution in [1.29, 1.82) is 0 Å². The summed E-state index contributed by atoms with van der Waals surface area (Å²) >= 11 is 2.95. The van der Waals surface area contributed by atoms with Gasteiger partial charge >= 0.3 is 5.97 Å². The van der Waals surface area contributed by atoms with Crippen molar-refractivity contribution < 1.29 is 18.3 Å². The van der Waals surface area contributed by atoms with Crippen molar-refractivity contribution in [3.63, 3.8) is 0 Å². The molecule has 0 spiro atoms. The lowest BCUT2D eigenvalue weighted by atomic mass is 10.0. The third-order valence-electron chi connectivity index (χ3n) is 2.16. The Bertz CT molecular complexity index is 410. The predicted molar refractivity (Wildman–Crippen MR) is 57.4 cm³/mol. The number of methoxy groups -OCH3 is 1. The van der Waals surface area contributed by atoms with Crippen molar-refractivity contribution in [2.24, 2.45) is 0 Å². The van der Waals surface area contributed by atoms with E-state index < -0.39 is 12.4 Å². The molecule has 1 rings (SSSR count). The lowest BCUT2D eigenvalue weighted by Gasteiger charge is -2.12. The number of hydrogen-bond acceptors (Lipinski definition) is 3. The van der Waals surface area contributed by atoms with E-state index in [1.54, 1.807) is 6.92 Å². The Balaban J connectivity index is 3.23. The summed E-state index contributed by atoms with van der Waals surface area (Å²) in [6, 6.07) is 0. The van der Waals surface area contributed by atoms with E-state index in [2.05, 4.69) is 25.7 Å². The Kier molecular flexibility index (Phi) is 4.35. The first kappa shape index (κ1) is 13.0. The van der Waals surface area contributed by atoms with Gasteiger partial charge in [-0.3, -0.25) is 4.79 Å². The number of ether oxygens (including phenoxy) is 1. The molecule has 16 heavy (non-hydrogen) atoms. The van der Waals surface area contributed by atoms with Gasteiger partial charge in [0, 0.05) is 6.20 Å². The van der Waals surface area contributed by atoms with Gasteiger partial charge in [0.1, 0.15) is 4.60 Å². The van der Waals surface area contributed by atoms with Gasteiger partial charge in [-0.1, -0.05) is 0 Å². The molecule has 0 aromatic carbocycles. The van der Waals surface area contributed by atoms with Gasteiger partial charge in [-0.15, -0.1) is 0 Å². The molecule has 1 heterocycles. The Morgan fingerprint density at radius 3 is 2.75 bits per heavy atom. The highest BCUT2D eigenvalue weighted by Gasteiger charge is 2.21. The monoisotopic (exact) mass is 293 g/mol. The maximum absolute atomic E-state index is 12.8. The number of aromatic nitrogens is 1. The van der Waals surface area contributed by atoms with Crippen molar-refractivity contribution in [3.8, 4) is 0 Å². The molecule has 1 aromatic heterocycles. The molecule has 0 N–H and O–H groups in total. The minimum atomic E-state index is -2.68. The lowest BCUT2D eigenvalue weighted by Crippen LogP contribution is -2.10. The SMILES string of the molecule is COC(=O)Cc1c(C)cnc(Br)c1C(F)F. The summed E-state index contributed by atoms with van der Waals surface area (Å²) < 4.78 is 30.1. The first-order valence-electron chi connectivity index (χ1n) is 4.46. The molecule has 0 aliphatic rings. The van der Waals surface area contributed by atoms with Gasteiger partial charge in [-0.2, -0.15) is 0 Å². The van der Waals surface area contributed by atoms with Crippen LogP contribution in [0.3, 0.4) is 0 Å². The molecule has 0 aliphatic heterocycles. The molecule has 0 bridgehead atoms. The number of hydrogen-bond donors (Lipinski definition) is 0. The van der Waals surface area contributed by atoms with Crippen LogP contribution in [0.4, 0.5) is 8.78 Å². The molecule has 0 saturated carbocycles. The summed E-state index contributed by atoms with van der Waals surface area (Å²) in [7, 11) is 1.22. The highest BCUT2D eigenvalue weighted by atomic mass is 79.9. The Morgan fingerprint density at radius 2 is 2.25 bits per heavy atom. The van der Waals surface area contributed by atoms with Crippen molar-refractivity contribution >= 4 is 21.9 Å². The third-order valence-corrected chi connectivity index (χ3v) is 2.79. The van der Waals surface area contributed by atoms with Crippen LogP contribution in [-0.4, -0.2) is 18.1 Å². The number of rotatable bonds is 3. The largest absolute Gasteiger partial charge is 0.469 e. The molecular weight excluding hydrogens is 284 g/mol. The van der Waals surface area contributed by atoms with Crippen molar-refractivity contribution in [1.82, 2.24) is 4.98 Å². The van der Waals surface area contributed by atoms with Crippen LogP contribution in [0.25, 0.3) is 0 Å². The summed E-state index contributed by atoms with van der Waals surface area (Å²) in [5, 5.41) is 0. The second-order valence-electron chi connectivity index (χ2n) is 3.18. The Labute approximate surface area is 99.9 Å². The van der Waals surface area contributed by atoms with Gasteiger partial charge in [-0.25, -0.2) is 13.8 Å². The van der Waals surface area contributed by atoms with Gasteiger partial charge in [0.25, 0.3) is 6.43 Å². The van der Waals surface area contributed by atoms with Gasteiger partial charge in [0.2, 0.25) is 0 Å². The van der Waals surface area contributed by atoms with Gasteiger partial charge < -0.3 is 4.74 Å². The van der Waals surface area contributed by atoms with E-state index in [9.17, 15) is 13.6 Å². The first-order valence-corrected chi connectivity index (χ1v) is 5.25. The summed E-state index contributed by atoms with van der Waals surface area (Å²) in [6.07, 6.45) is -1.42. The maximum atomic E-state index is 12.8. The molecule has 0 aliphatic carbocycles. The average molecular weight is 294 g/mol. The molecule has 1 aromatic rings. The van der Waals surface area contributed by atoms with Crippen molar-refractivity contribution in [3.05, 3.63) is 27.5 Å². The Morgan fingerprint density at radius 1 is 1.62 bits per heavy atom. The second kappa shape index (κ2) is 5.34. The third kappa shape index (κ3) is 2.75. The number of aryl methyl sites for hydroxylation is 1. The van der Waals surface area contributed by atoms with Crippen LogP contribution in [0.2, 0.25) is 0 Å². The number of pyridine rings is 1. The standard InChI is InChI=1S/C10H10BrF2NO2/c1-5-4-14-9(11)8(10(12)13)6(5)3-7(15)16-2/h4,10H,3H2,1-2H3. The number of carbonyl (C=O) groups is 1. The molecule has 88 valence electrons. The van der Waals surface area contributed by atoms with E-state index in [-0.39, 0.29) is 22.2 Å². The van der Waals surface area contributed by atoms with Crippen LogP contribution in [0, 0.1) is 6.92 Å². The fourth-order valence-electron chi connectivity index (χ4n) is 1.31. The average Bonchev–Trinajstić information content (AvgIpc) is 2.22. The van der Waals surface area contributed by atoms with E-state index in [0.29, 0.717) is 5.56 Å². The van der Waals surface area contributed by atoms with Gasteiger partial charge in [0.05, 0.1) is 19.1 Å². The number of halogens is 3. The van der Waals surface area contributed by atoms with Crippen LogP contribution < -0.4 is 0 Å². The smallest absolute Gasteiger partial charge is 0.310 e. The molecule has 0 radical (unpaired) electrons. The molecule has 0 amide bonds. The summed E-state index contributed by atoms with van der Waals surface area (Å²) in [6.45, 7) is 1.63. The highest BCUT2D eigenvalue weighted by Crippen LogP contribution is 2.31. The molecule has 6 heteroatoms. The number of alkyl halides is 2. The fraction of sp³-hybridized carbons (Fsp3) is 0.400. The van der Waals surface area contributed by atoms with E-state index in [4.69, 9.17) is 0 Å². The minimum Gasteiger partial charge on any atom is -0.469 e. The second-order valence-corrected chi connectivity index (χ2v) is 3.93. The number of carbonyl (C=O) groups excluding carboxylic acids is 1. The molecular formula is C10H10BrF2NO2. The van der Waals surface area contributed by atoms with Crippen LogP contribution in [-0.2, 0) is 16.0 Å². The summed E-state index contributed by atoms with van der Waals surface area (Å²) in [5.41, 5.74) is 0.568. The molecule has 0 fully saturated rings. The highest BCUT2D eigenvalue weighted by molar-refractivity contribution is 9.10. The quantitative estimate of drug-likeness (QED) is 0.635. The zero-order valence-corrected chi connectivity index (χ0v) is 10.3. The van der Waals surface area contributed by atoms with E-state index >= 15 is 0 Å². The molecule has 3 nitrogen and oxygen atoms in total. The van der Waals surface area contributed by atoms with Crippen LogP contribution in [0.5, 0.6) is 0 Å². The minimum absolute atomic E-state index is 0.0620. The summed E-state index contributed by atoms with van der Waals surface area (Å²) in [5.74, 6) is -0.553. The van der Waals surface area contributed by atoms with Crippen molar-refractivity contribution in [2.75, 3.05) is 7.11 Å². The van der Waals surface area contributed by atoms with Gasteiger partial charge in [-0.05, 0) is 34.0 Å². The molecule has 0 unspecified atom stereocenters. The topological polar surface area (TPSA) is 39.2 Å². The Hall–Kier alpha value is -1.04. The predicted octanol–water partition coefficient (Wildman–Crippen LogP) is 2.81. The van der Waals surface area contributed by atoms with Crippen LogP contribution in [0.1, 0.15) is 23.1 Å². The van der Waals surface area contributed by atoms with Crippen LogP contribution >= 0.6 is 15.9 Å². The lowest BCUT2D eigenvalue weighted by molar-refractivity contribution is -0.139. The van der Waals surface area contributed by atoms with E-state index in [1.165, 1.54) is 13.3 Å². The first-order chi connectivity index (χ1) is 7.47. The fourth-order valence-corrected chi connectivity index (χ4v) is 1.83. The van der Waals surface area contributed by atoms with Gasteiger partial charge in [0.15, 0.2) is 0 Å².